The molecule has 8 rings (SSSR count). The van der Waals surface area contributed by atoms with E-state index in [0.717, 1.165) is 3.57 Å². The van der Waals surface area contributed by atoms with E-state index in [-0.39, 0.29) is 22.4 Å². The molecule has 0 aliphatic rings. The van der Waals surface area contributed by atoms with Crippen molar-refractivity contribution in [2.45, 2.75) is 58.4 Å². The molecule has 0 aliphatic heterocycles. The summed E-state index contributed by atoms with van der Waals surface area (Å²) in [4.78, 5) is 15.5. The Morgan fingerprint density at radius 3 is 1.13 bits per heavy atom. The highest BCUT2D eigenvalue weighted by Gasteiger charge is 2.32. The maximum Gasteiger partial charge on any atom is 0.573 e. The molecule has 414 valence electrons. The highest BCUT2D eigenvalue weighted by molar-refractivity contribution is 14.1. The van der Waals surface area contributed by atoms with E-state index >= 15 is 0 Å². The molecule has 0 atom stereocenters. The molecule has 0 bridgehead atoms. The topological polar surface area (TPSA) is 133 Å². The third-order valence-electron chi connectivity index (χ3n) is 8.45. The van der Waals surface area contributed by atoms with Gasteiger partial charge in [0.15, 0.2) is 4.73 Å². The SMILES string of the molecule is Brc1ncccn1.C#C[Si](C)(C)C.C[Si](C)(C)C#Cc1cnn(-c2ccc(OC(F)(F)F)cc2)c1Cl.FC(F)(F)Oc1ccc(-n2ncc(C#Cc3ncccn3)c2Cl)cc1.FC(F)(F)Oc1ccc(-n2ncc(I)c2Cl)cc1. The van der Waals surface area contributed by atoms with Crippen molar-refractivity contribution in [2.75, 3.05) is 0 Å². The highest BCUT2D eigenvalue weighted by Crippen LogP contribution is 2.29. The van der Waals surface area contributed by atoms with Crippen LogP contribution < -0.4 is 14.2 Å². The van der Waals surface area contributed by atoms with Crippen molar-refractivity contribution < 1.29 is 53.7 Å². The van der Waals surface area contributed by atoms with Crippen LogP contribution in [0.3, 0.4) is 0 Å². The lowest BCUT2D eigenvalue weighted by Gasteiger charge is -2.09. The van der Waals surface area contributed by atoms with Crippen molar-refractivity contribution in [3.63, 3.8) is 0 Å². The van der Waals surface area contributed by atoms with E-state index in [1.807, 2.05) is 22.6 Å². The van der Waals surface area contributed by atoms with Gasteiger partial charge in [0.25, 0.3) is 0 Å². The number of terminal acetylenes is 1. The Balaban J connectivity index is 0.000000231. The van der Waals surface area contributed by atoms with E-state index in [1.54, 1.807) is 43.1 Å². The van der Waals surface area contributed by atoms with E-state index in [9.17, 15) is 39.5 Å². The third kappa shape index (κ3) is 24.1. The molecule has 5 aromatic heterocycles. The smallest absolute Gasteiger partial charge is 0.406 e. The molecular weight excluding hydrogens is 1330 g/mol. The first-order valence-corrected chi connectivity index (χ1v) is 32.0. The van der Waals surface area contributed by atoms with Gasteiger partial charge >= 0.3 is 19.1 Å². The Kier molecular flexibility index (Phi) is 23.9. The molecular formula is C50H40BrCl3F9IN10O3Si2. The van der Waals surface area contributed by atoms with Gasteiger partial charge in [0.05, 0.1) is 50.3 Å². The van der Waals surface area contributed by atoms with E-state index in [0.29, 0.717) is 49.1 Å². The van der Waals surface area contributed by atoms with E-state index in [4.69, 9.17) is 41.2 Å². The van der Waals surface area contributed by atoms with Crippen molar-refractivity contribution in [1.82, 2.24) is 49.3 Å². The maximum absolute atomic E-state index is 12.2. The third-order valence-corrected chi connectivity index (χ3v) is 12.8. The predicted octanol–water partition coefficient (Wildman–Crippen LogP) is 15.0. The maximum atomic E-state index is 12.2. The molecule has 0 spiro atoms. The molecule has 0 amide bonds. The summed E-state index contributed by atoms with van der Waals surface area (Å²) in [5, 5.41) is 13.1. The van der Waals surface area contributed by atoms with Gasteiger partial charge in [-0.3, -0.25) is 0 Å². The molecule has 0 saturated heterocycles. The first kappa shape index (κ1) is 64.9. The summed E-state index contributed by atoms with van der Waals surface area (Å²) in [5.74, 6) is 7.96. The molecule has 0 unspecified atom stereocenters. The number of ether oxygens (including phenoxy) is 3. The zero-order valence-electron chi connectivity index (χ0n) is 41.7. The summed E-state index contributed by atoms with van der Waals surface area (Å²) in [5.41, 5.74) is 8.48. The lowest BCUT2D eigenvalue weighted by Crippen LogP contribution is -2.17. The van der Waals surface area contributed by atoms with Crippen LogP contribution in [-0.4, -0.2) is 84.5 Å². The quantitative estimate of drug-likeness (QED) is 0.0521. The van der Waals surface area contributed by atoms with Crippen LogP contribution in [0.2, 0.25) is 54.7 Å². The fourth-order valence-corrected chi connectivity index (χ4v) is 6.84. The van der Waals surface area contributed by atoms with Crippen LogP contribution in [-0.2, 0) is 0 Å². The molecule has 13 nitrogen and oxygen atoms in total. The Hall–Kier alpha value is -6.59. The van der Waals surface area contributed by atoms with Crippen molar-refractivity contribution in [2.24, 2.45) is 0 Å². The van der Waals surface area contributed by atoms with Gasteiger partial charge in [-0.1, -0.05) is 85.9 Å². The second-order valence-electron chi connectivity index (χ2n) is 17.1. The lowest BCUT2D eigenvalue weighted by atomic mass is 10.3. The molecule has 0 radical (unpaired) electrons. The first-order chi connectivity index (χ1) is 36.8. The molecule has 29 heteroatoms. The summed E-state index contributed by atoms with van der Waals surface area (Å²) < 4.78 is 126. The summed E-state index contributed by atoms with van der Waals surface area (Å²) >= 11 is 23.5. The van der Waals surface area contributed by atoms with Crippen LogP contribution in [0.5, 0.6) is 17.2 Å². The Morgan fingerprint density at radius 2 is 0.835 bits per heavy atom. The molecule has 79 heavy (non-hydrogen) atoms. The average Bonchev–Trinajstić information content (AvgIpc) is 4.05. The fourth-order valence-electron chi connectivity index (χ4n) is 5.08. The largest absolute Gasteiger partial charge is 0.573 e. The van der Waals surface area contributed by atoms with Gasteiger partial charge in [-0.2, -0.15) is 15.3 Å². The number of aromatic nitrogens is 10. The van der Waals surface area contributed by atoms with Crippen LogP contribution >= 0.6 is 73.3 Å². The van der Waals surface area contributed by atoms with E-state index < -0.39 is 35.2 Å². The summed E-state index contributed by atoms with van der Waals surface area (Å²) in [7, 11) is -2.65. The number of halogens is 14. The zero-order valence-corrected chi connectivity index (χ0v) is 49.7. The first-order valence-electron chi connectivity index (χ1n) is 22.0. The highest BCUT2D eigenvalue weighted by atomic mass is 127. The molecule has 0 saturated carbocycles. The lowest BCUT2D eigenvalue weighted by molar-refractivity contribution is -0.275. The zero-order chi connectivity index (χ0) is 58.8. The van der Waals surface area contributed by atoms with Gasteiger partial charge in [0.2, 0.25) is 5.82 Å². The van der Waals surface area contributed by atoms with Gasteiger partial charge < -0.3 is 14.2 Å². The van der Waals surface area contributed by atoms with Crippen molar-refractivity contribution in [3.05, 3.63) is 169 Å². The summed E-state index contributed by atoms with van der Waals surface area (Å²) in [6.07, 6.45) is 1.98. The van der Waals surface area contributed by atoms with Gasteiger partial charge in [-0.15, -0.1) is 57.0 Å². The summed E-state index contributed by atoms with van der Waals surface area (Å²) in [6.45, 7) is 12.8. The van der Waals surface area contributed by atoms with Crippen LogP contribution in [0.25, 0.3) is 17.1 Å². The summed E-state index contributed by atoms with van der Waals surface area (Å²) in [6, 6.07) is 19.2. The van der Waals surface area contributed by atoms with Gasteiger partial charge in [0.1, 0.15) is 48.9 Å². The minimum Gasteiger partial charge on any atom is -0.406 e. The van der Waals surface area contributed by atoms with Gasteiger partial charge in [0, 0.05) is 24.8 Å². The molecule has 8 aromatic rings. The van der Waals surface area contributed by atoms with Crippen LogP contribution in [0, 0.1) is 38.8 Å². The molecule has 0 fully saturated rings. The molecule has 3 aromatic carbocycles. The van der Waals surface area contributed by atoms with Crippen LogP contribution in [0.4, 0.5) is 39.5 Å². The second kappa shape index (κ2) is 29.0. The number of alkyl halides is 9. The number of hydrogen-bond donors (Lipinski definition) is 0. The minimum atomic E-state index is -4.74. The number of nitrogens with zero attached hydrogens (tertiary/aromatic N) is 10. The normalized spacial score (nSPS) is 11.1. The minimum absolute atomic E-state index is 0.216. The number of hydrogen-bond acceptors (Lipinski definition) is 10. The van der Waals surface area contributed by atoms with E-state index in [2.05, 4.69) is 134 Å². The van der Waals surface area contributed by atoms with Crippen molar-refractivity contribution in [3.8, 4) is 69.6 Å². The number of benzene rings is 3. The monoisotopic (exact) mass is 1370 g/mol. The Bertz CT molecular complexity index is 3390. The molecule has 0 N–H and O–H groups in total. The average molecular weight is 1370 g/mol. The van der Waals surface area contributed by atoms with Crippen LogP contribution in [0.15, 0.2) is 133 Å². The Labute approximate surface area is 486 Å². The van der Waals surface area contributed by atoms with Crippen LogP contribution in [0.1, 0.15) is 17.0 Å². The van der Waals surface area contributed by atoms with Crippen molar-refractivity contribution >= 4 is 89.5 Å². The van der Waals surface area contributed by atoms with Gasteiger partial charge in [-0.25, -0.2) is 34.0 Å². The molecule has 0 aliphatic carbocycles. The fraction of sp³-hybridized carbons (Fsp3) is 0.180. The Morgan fingerprint density at radius 1 is 0.506 bits per heavy atom. The number of rotatable bonds is 6. The second-order valence-corrected chi connectivity index (χ2v) is 29.6. The standard InChI is InChI=1S/C16H8ClF3N4O.C15H14ClF3N2OSi.C10H5ClF3IN2O.C5H10Si.C4H3BrN2/c17-15-11(2-7-14-21-8-1-9-22-14)10-23-24(15)12-3-5-13(6-4-12)25-16(18,19)20;1-23(2,3)9-8-11-10-20-21(14(11)16)12-4-6-13(7-5-12)22-15(17,18)19;11-9-8(15)5-16-17(9)6-1-3-7(4-2-6)18-10(12,13)14;1-5-6(2,3)4;5-4-6-2-1-3-7-4/h1,3-6,8-10H;4-7,10H,1-3H3;1-5H;1H,2-4H3;1-3H. The van der Waals surface area contributed by atoms with Crippen molar-refractivity contribution in [1.29, 1.82) is 0 Å². The van der Waals surface area contributed by atoms with E-state index in [1.165, 1.54) is 99.2 Å². The van der Waals surface area contributed by atoms with Gasteiger partial charge in [-0.05, 0) is 129 Å². The predicted molar refractivity (Wildman–Crippen MR) is 299 cm³/mol. The molecule has 5 heterocycles.